The minimum Gasteiger partial charge on any atom is -0.356 e. The van der Waals surface area contributed by atoms with Crippen LogP contribution in [-0.4, -0.2) is 5.16 Å². The Kier molecular flexibility index (Phi) is 1.29. The average molecular weight is 173 g/mol. The normalized spacial score (nSPS) is 20.8. The third kappa shape index (κ3) is 0.916. The van der Waals surface area contributed by atoms with E-state index in [1.54, 1.807) is 6.20 Å². The van der Waals surface area contributed by atoms with Gasteiger partial charge >= 0.3 is 0 Å². The van der Waals surface area contributed by atoms with Crippen LogP contribution in [0.1, 0.15) is 18.1 Å². The van der Waals surface area contributed by atoms with Gasteiger partial charge in [-0.1, -0.05) is 18.1 Å². The van der Waals surface area contributed by atoms with E-state index in [0.717, 1.165) is 23.3 Å². The molecule has 0 aliphatic heterocycles. The summed E-state index contributed by atoms with van der Waals surface area (Å²) in [5, 5.41) is 4.96. The largest absolute Gasteiger partial charge is 0.356 e. The summed E-state index contributed by atoms with van der Waals surface area (Å²) in [4.78, 5) is 0. The topological polar surface area (TPSA) is 26.0 Å². The van der Waals surface area contributed by atoms with Crippen molar-refractivity contribution in [2.24, 2.45) is 5.92 Å². The summed E-state index contributed by atoms with van der Waals surface area (Å²) in [6.45, 7) is 2.28. The molecule has 0 saturated heterocycles. The van der Waals surface area contributed by atoms with Crippen LogP contribution in [0.15, 0.2) is 22.9 Å². The van der Waals surface area contributed by atoms with Crippen LogP contribution in [0.3, 0.4) is 0 Å². The molecule has 0 N–H and O–H groups in total. The zero-order valence-electron chi connectivity index (χ0n) is 7.58. The first-order valence-electron chi connectivity index (χ1n) is 4.70. The summed E-state index contributed by atoms with van der Waals surface area (Å²) < 4.78 is 5.26. The van der Waals surface area contributed by atoms with Crippen molar-refractivity contribution in [2.75, 3.05) is 0 Å². The van der Waals surface area contributed by atoms with E-state index in [9.17, 15) is 0 Å². The van der Waals surface area contributed by atoms with Gasteiger partial charge in [0.25, 0.3) is 0 Å². The minimum atomic E-state index is 0.755. The van der Waals surface area contributed by atoms with Gasteiger partial charge in [0.1, 0.15) is 0 Å². The molecule has 0 saturated carbocycles. The first-order valence-corrected chi connectivity index (χ1v) is 4.70. The molecule has 1 aliphatic rings. The second-order valence-corrected chi connectivity index (χ2v) is 3.96. The van der Waals surface area contributed by atoms with Crippen LogP contribution in [0.25, 0.3) is 11.0 Å². The Hall–Kier alpha value is -1.31. The molecule has 2 nitrogen and oxygen atoms in total. The van der Waals surface area contributed by atoms with Crippen LogP contribution < -0.4 is 0 Å². The molecule has 3 rings (SSSR count). The van der Waals surface area contributed by atoms with Crippen LogP contribution in [-0.2, 0) is 12.8 Å². The average Bonchev–Trinajstić information content (AvgIpc) is 2.65. The Labute approximate surface area is 76.5 Å². The Morgan fingerprint density at radius 3 is 3.23 bits per heavy atom. The lowest BCUT2D eigenvalue weighted by Gasteiger charge is -1.96. The number of nitrogens with zero attached hydrogens (tertiary/aromatic N) is 1. The Morgan fingerprint density at radius 2 is 2.31 bits per heavy atom. The molecule has 0 radical (unpaired) electrons. The van der Waals surface area contributed by atoms with Gasteiger partial charge in [0.15, 0.2) is 5.58 Å². The van der Waals surface area contributed by atoms with Gasteiger partial charge in [-0.2, -0.15) is 0 Å². The summed E-state index contributed by atoms with van der Waals surface area (Å²) in [5.74, 6) is 0.755. The third-order valence-corrected chi connectivity index (χ3v) is 2.84. The summed E-state index contributed by atoms with van der Waals surface area (Å²) in [7, 11) is 0. The highest BCUT2D eigenvalue weighted by atomic mass is 16.5. The maximum Gasteiger partial charge on any atom is 0.170 e. The predicted molar refractivity (Wildman–Crippen MR) is 50.6 cm³/mol. The number of hydrogen-bond acceptors (Lipinski definition) is 2. The molecule has 66 valence electrons. The van der Waals surface area contributed by atoms with E-state index >= 15 is 0 Å². The van der Waals surface area contributed by atoms with Crippen LogP contribution in [0, 0.1) is 5.92 Å². The number of fused-ring (bicyclic) bond motifs is 3. The van der Waals surface area contributed by atoms with Crippen molar-refractivity contribution in [1.29, 1.82) is 0 Å². The van der Waals surface area contributed by atoms with E-state index in [0.29, 0.717) is 0 Å². The fraction of sp³-hybridized carbons (Fsp3) is 0.364. The number of rotatable bonds is 0. The lowest BCUT2D eigenvalue weighted by Crippen LogP contribution is -1.89. The first kappa shape index (κ1) is 7.13. The highest BCUT2D eigenvalue weighted by Gasteiger charge is 2.21. The SMILES string of the molecule is C[C@@H]1Cc2ccc3cnoc3c2C1. The summed E-state index contributed by atoms with van der Waals surface area (Å²) in [5.41, 5.74) is 3.82. The molecule has 13 heavy (non-hydrogen) atoms. The molecule has 2 aromatic rings. The fourth-order valence-electron chi connectivity index (χ4n) is 2.24. The Bertz CT molecular complexity index is 458. The lowest BCUT2D eigenvalue weighted by atomic mass is 10.1. The highest BCUT2D eigenvalue weighted by Crippen LogP contribution is 2.32. The van der Waals surface area contributed by atoms with Crippen molar-refractivity contribution in [1.82, 2.24) is 5.16 Å². The van der Waals surface area contributed by atoms with Crippen molar-refractivity contribution in [3.63, 3.8) is 0 Å². The molecule has 1 heterocycles. The monoisotopic (exact) mass is 173 g/mol. The van der Waals surface area contributed by atoms with E-state index in [2.05, 4.69) is 24.2 Å². The number of benzene rings is 1. The van der Waals surface area contributed by atoms with Gasteiger partial charge in [-0.3, -0.25) is 0 Å². The molecule has 0 bridgehead atoms. The molecule has 1 aromatic carbocycles. The van der Waals surface area contributed by atoms with Crippen LogP contribution in [0.4, 0.5) is 0 Å². The van der Waals surface area contributed by atoms with Crippen molar-refractivity contribution in [2.45, 2.75) is 19.8 Å². The Morgan fingerprint density at radius 1 is 1.38 bits per heavy atom. The van der Waals surface area contributed by atoms with Crippen molar-refractivity contribution >= 4 is 11.0 Å². The summed E-state index contributed by atoms with van der Waals surface area (Å²) in [6.07, 6.45) is 4.12. The van der Waals surface area contributed by atoms with Crippen molar-refractivity contribution in [3.8, 4) is 0 Å². The van der Waals surface area contributed by atoms with Gasteiger partial charge in [0, 0.05) is 10.9 Å². The van der Waals surface area contributed by atoms with Crippen LogP contribution >= 0.6 is 0 Å². The van der Waals surface area contributed by atoms with E-state index in [1.807, 2.05) is 0 Å². The smallest absolute Gasteiger partial charge is 0.170 e. The van der Waals surface area contributed by atoms with Crippen LogP contribution in [0.2, 0.25) is 0 Å². The van der Waals surface area contributed by atoms with Gasteiger partial charge < -0.3 is 4.52 Å². The van der Waals surface area contributed by atoms with E-state index in [4.69, 9.17) is 4.52 Å². The van der Waals surface area contributed by atoms with Gasteiger partial charge in [-0.25, -0.2) is 0 Å². The molecule has 0 spiro atoms. The minimum absolute atomic E-state index is 0.755. The standard InChI is InChI=1S/C11H11NO/c1-7-4-8-2-3-9-6-12-13-11(9)10(8)5-7/h2-3,6-7H,4-5H2,1H3/t7-/m1/s1. The van der Waals surface area contributed by atoms with E-state index in [-0.39, 0.29) is 0 Å². The van der Waals surface area contributed by atoms with Crippen molar-refractivity contribution < 1.29 is 4.52 Å². The zero-order valence-corrected chi connectivity index (χ0v) is 7.58. The quantitative estimate of drug-likeness (QED) is 0.612. The van der Waals surface area contributed by atoms with Crippen molar-refractivity contribution in [3.05, 3.63) is 29.5 Å². The maximum atomic E-state index is 5.26. The Balaban J connectivity index is 2.34. The lowest BCUT2D eigenvalue weighted by molar-refractivity contribution is 0.453. The molecule has 1 aliphatic carbocycles. The second kappa shape index (κ2) is 2.34. The third-order valence-electron chi connectivity index (χ3n) is 2.84. The fourth-order valence-corrected chi connectivity index (χ4v) is 2.24. The predicted octanol–water partition coefficient (Wildman–Crippen LogP) is 2.56. The number of hydrogen-bond donors (Lipinski definition) is 0. The molecule has 0 unspecified atom stereocenters. The van der Waals surface area contributed by atoms with Gasteiger partial charge in [-0.15, -0.1) is 0 Å². The summed E-state index contributed by atoms with van der Waals surface area (Å²) in [6, 6.07) is 4.31. The summed E-state index contributed by atoms with van der Waals surface area (Å²) >= 11 is 0. The highest BCUT2D eigenvalue weighted by molar-refractivity contribution is 5.81. The molecule has 1 atom stereocenters. The van der Waals surface area contributed by atoms with E-state index < -0.39 is 0 Å². The molecule has 0 fully saturated rings. The number of aromatic nitrogens is 1. The van der Waals surface area contributed by atoms with Gasteiger partial charge in [0.05, 0.1) is 6.20 Å². The second-order valence-electron chi connectivity index (χ2n) is 3.96. The van der Waals surface area contributed by atoms with Gasteiger partial charge in [-0.05, 0) is 30.4 Å². The molecular weight excluding hydrogens is 162 g/mol. The molecular formula is C11H11NO. The van der Waals surface area contributed by atoms with Gasteiger partial charge in [0.2, 0.25) is 0 Å². The molecule has 0 amide bonds. The maximum absolute atomic E-state index is 5.26. The first-order chi connectivity index (χ1) is 6.34. The molecule has 1 aromatic heterocycles. The molecule has 2 heteroatoms. The van der Waals surface area contributed by atoms with Crippen LogP contribution in [0.5, 0.6) is 0 Å². The van der Waals surface area contributed by atoms with E-state index in [1.165, 1.54) is 17.5 Å². The zero-order chi connectivity index (χ0) is 8.84.